The Labute approximate surface area is 156 Å². The number of sulfonamides is 1. The van der Waals surface area contributed by atoms with Gasteiger partial charge in [0.25, 0.3) is 0 Å². The van der Waals surface area contributed by atoms with Crippen LogP contribution in [0.3, 0.4) is 0 Å². The zero-order valence-electron chi connectivity index (χ0n) is 15.5. The summed E-state index contributed by atoms with van der Waals surface area (Å²) >= 11 is 0. The highest BCUT2D eigenvalue weighted by atomic mass is 32.2. The van der Waals surface area contributed by atoms with Gasteiger partial charge in [-0.05, 0) is 32.6 Å². The van der Waals surface area contributed by atoms with Gasteiger partial charge in [-0.15, -0.1) is 0 Å². The van der Waals surface area contributed by atoms with Crippen molar-refractivity contribution in [2.24, 2.45) is 5.92 Å². The molecule has 1 amide bonds. The summed E-state index contributed by atoms with van der Waals surface area (Å²) in [6.07, 6.45) is 8.85. The van der Waals surface area contributed by atoms with Gasteiger partial charge in [-0.1, -0.05) is 25.7 Å². The average Bonchev–Trinajstić information content (AvgIpc) is 2.94. The predicted molar refractivity (Wildman–Crippen MR) is 101 cm³/mol. The Bertz CT molecular complexity index is 708. The molecule has 0 aromatic carbocycles. The highest BCUT2D eigenvalue weighted by molar-refractivity contribution is 7.89. The first-order valence-electron chi connectivity index (χ1n) is 9.83. The lowest BCUT2D eigenvalue weighted by molar-refractivity contribution is -0.120. The van der Waals surface area contributed by atoms with Crippen molar-refractivity contribution in [2.75, 3.05) is 24.2 Å². The van der Waals surface area contributed by atoms with Gasteiger partial charge in [0.2, 0.25) is 15.9 Å². The molecule has 7 nitrogen and oxygen atoms in total. The standard InChI is InChI=1S/C18H30N4O3S/c1-2-26(24,25)22-11-7-10-15(13-22)18(23)19-17-12-16(20-21-17)14-8-5-3-4-6-9-14/h12,14-15H,2-11,13H2,1H3,(H2,19,20,21,23). The molecule has 1 aromatic heterocycles. The Balaban J connectivity index is 1.59. The van der Waals surface area contributed by atoms with Gasteiger partial charge in [0.15, 0.2) is 5.82 Å². The van der Waals surface area contributed by atoms with Crippen molar-refractivity contribution in [3.63, 3.8) is 0 Å². The second-order valence-corrected chi connectivity index (χ2v) is 9.74. The van der Waals surface area contributed by atoms with Crippen LogP contribution in [0.4, 0.5) is 5.82 Å². The van der Waals surface area contributed by atoms with Crippen molar-refractivity contribution in [1.82, 2.24) is 14.5 Å². The lowest BCUT2D eigenvalue weighted by Crippen LogP contribution is -2.44. The van der Waals surface area contributed by atoms with Crippen LogP contribution in [0.2, 0.25) is 0 Å². The van der Waals surface area contributed by atoms with E-state index in [-0.39, 0.29) is 24.1 Å². The molecule has 1 aliphatic carbocycles. The van der Waals surface area contributed by atoms with Gasteiger partial charge >= 0.3 is 0 Å². The van der Waals surface area contributed by atoms with E-state index in [2.05, 4.69) is 15.5 Å². The normalized spacial score (nSPS) is 23.5. The number of hydrogen-bond acceptors (Lipinski definition) is 4. The molecule has 1 saturated carbocycles. The molecule has 2 fully saturated rings. The van der Waals surface area contributed by atoms with E-state index < -0.39 is 10.0 Å². The first-order valence-corrected chi connectivity index (χ1v) is 11.4. The number of aromatic amines is 1. The van der Waals surface area contributed by atoms with Crippen LogP contribution in [0.1, 0.15) is 69.9 Å². The van der Waals surface area contributed by atoms with E-state index in [1.807, 2.05) is 6.07 Å². The Hall–Kier alpha value is -1.41. The SMILES string of the molecule is CCS(=O)(=O)N1CCCC(C(=O)Nc2cc(C3CCCCCC3)[nH]n2)C1. The minimum Gasteiger partial charge on any atom is -0.309 e. The van der Waals surface area contributed by atoms with Gasteiger partial charge in [-0.3, -0.25) is 9.89 Å². The maximum Gasteiger partial charge on any atom is 0.230 e. The number of carbonyl (C=O) groups is 1. The van der Waals surface area contributed by atoms with E-state index in [9.17, 15) is 13.2 Å². The molecule has 26 heavy (non-hydrogen) atoms. The van der Waals surface area contributed by atoms with Crippen LogP contribution in [-0.4, -0.2) is 47.7 Å². The van der Waals surface area contributed by atoms with Gasteiger partial charge in [0.05, 0.1) is 11.7 Å². The molecule has 8 heteroatoms. The number of amides is 1. The van der Waals surface area contributed by atoms with E-state index in [1.54, 1.807) is 6.92 Å². The Kier molecular flexibility index (Phi) is 6.34. The molecule has 1 unspecified atom stereocenters. The number of H-pyrrole nitrogens is 1. The van der Waals surface area contributed by atoms with Crippen LogP contribution < -0.4 is 5.32 Å². The molecule has 2 N–H and O–H groups in total. The second kappa shape index (κ2) is 8.52. The van der Waals surface area contributed by atoms with Gasteiger partial charge in [0.1, 0.15) is 0 Å². The highest BCUT2D eigenvalue weighted by Crippen LogP contribution is 2.31. The number of carbonyl (C=O) groups excluding carboxylic acids is 1. The van der Waals surface area contributed by atoms with Gasteiger partial charge in [0, 0.05) is 30.8 Å². The van der Waals surface area contributed by atoms with Crippen LogP contribution in [0.15, 0.2) is 6.07 Å². The van der Waals surface area contributed by atoms with E-state index >= 15 is 0 Å². The molecule has 146 valence electrons. The van der Waals surface area contributed by atoms with Crippen LogP contribution in [0, 0.1) is 5.92 Å². The monoisotopic (exact) mass is 382 g/mol. The predicted octanol–water partition coefficient (Wildman–Crippen LogP) is 2.85. The highest BCUT2D eigenvalue weighted by Gasteiger charge is 2.31. The van der Waals surface area contributed by atoms with E-state index in [1.165, 1.54) is 42.8 Å². The molecular weight excluding hydrogens is 352 g/mol. The third-order valence-electron chi connectivity index (χ3n) is 5.66. The fourth-order valence-electron chi connectivity index (χ4n) is 4.02. The summed E-state index contributed by atoms with van der Waals surface area (Å²) < 4.78 is 25.6. The lowest BCUT2D eigenvalue weighted by atomic mass is 9.97. The topological polar surface area (TPSA) is 95.2 Å². The first kappa shape index (κ1) is 19.4. The van der Waals surface area contributed by atoms with Crippen molar-refractivity contribution in [3.05, 3.63) is 11.8 Å². The van der Waals surface area contributed by atoms with E-state index in [0.29, 0.717) is 31.1 Å². The first-order chi connectivity index (χ1) is 12.5. The van der Waals surface area contributed by atoms with E-state index in [0.717, 1.165) is 5.69 Å². The summed E-state index contributed by atoms with van der Waals surface area (Å²) in [5, 5.41) is 10.2. The van der Waals surface area contributed by atoms with Crippen LogP contribution in [0.5, 0.6) is 0 Å². The third-order valence-corrected chi connectivity index (χ3v) is 7.51. The van der Waals surface area contributed by atoms with Crippen molar-refractivity contribution in [1.29, 1.82) is 0 Å². The molecule has 0 bridgehead atoms. The van der Waals surface area contributed by atoms with Crippen molar-refractivity contribution >= 4 is 21.7 Å². The molecule has 2 heterocycles. The summed E-state index contributed by atoms with van der Waals surface area (Å²) in [5.74, 6) is 0.661. The van der Waals surface area contributed by atoms with Crippen LogP contribution >= 0.6 is 0 Å². The fraction of sp³-hybridized carbons (Fsp3) is 0.778. The lowest BCUT2D eigenvalue weighted by Gasteiger charge is -2.30. The quantitative estimate of drug-likeness (QED) is 0.766. The van der Waals surface area contributed by atoms with Crippen LogP contribution in [0.25, 0.3) is 0 Å². The summed E-state index contributed by atoms with van der Waals surface area (Å²) in [6, 6.07) is 1.94. The number of aromatic nitrogens is 2. The summed E-state index contributed by atoms with van der Waals surface area (Å²) in [5.41, 5.74) is 1.10. The minimum atomic E-state index is -3.24. The number of rotatable bonds is 5. The second-order valence-electron chi connectivity index (χ2n) is 7.48. The number of hydrogen-bond donors (Lipinski definition) is 2. The van der Waals surface area contributed by atoms with Gasteiger partial charge in [-0.25, -0.2) is 12.7 Å². The molecule has 1 aliphatic heterocycles. The number of nitrogens with one attached hydrogen (secondary N) is 2. The molecule has 3 rings (SSSR count). The van der Waals surface area contributed by atoms with Crippen molar-refractivity contribution in [2.45, 2.75) is 64.2 Å². The summed E-state index contributed by atoms with van der Waals surface area (Å²) in [7, 11) is -3.24. The third kappa shape index (κ3) is 4.65. The number of nitrogens with zero attached hydrogens (tertiary/aromatic N) is 2. The van der Waals surface area contributed by atoms with Crippen molar-refractivity contribution < 1.29 is 13.2 Å². The smallest absolute Gasteiger partial charge is 0.230 e. The zero-order chi connectivity index (χ0) is 18.6. The Morgan fingerprint density at radius 3 is 2.65 bits per heavy atom. The summed E-state index contributed by atoms with van der Waals surface area (Å²) in [4.78, 5) is 12.6. The minimum absolute atomic E-state index is 0.0749. The number of piperidine rings is 1. The largest absolute Gasteiger partial charge is 0.309 e. The molecule has 2 aliphatic rings. The average molecular weight is 383 g/mol. The fourth-order valence-corrected chi connectivity index (χ4v) is 5.20. The Morgan fingerprint density at radius 1 is 1.23 bits per heavy atom. The maximum absolute atomic E-state index is 12.6. The number of anilines is 1. The molecule has 0 radical (unpaired) electrons. The van der Waals surface area contributed by atoms with Gasteiger partial charge in [-0.2, -0.15) is 5.10 Å². The molecule has 1 atom stereocenters. The molecular formula is C18H30N4O3S. The van der Waals surface area contributed by atoms with E-state index in [4.69, 9.17) is 0 Å². The molecule has 0 spiro atoms. The molecule has 1 saturated heterocycles. The molecule has 1 aromatic rings. The van der Waals surface area contributed by atoms with Crippen LogP contribution in [-0.2, 0) is 14.8 Å². The summed E-state index contributed by atoms with van der Waals surface area (Å²) in [6.45, 7) is 2.41. The zero-order valence-corrected chi connectivity index (χ0v) is 16.4. The Morgan fingerprint density at radius 2 is 1.96 bits per heavy atom. The maximum atomic E-state index is 12.6. The van der Waals surface area contributed by atoms with Crippen molar-refractivity contribution in [3.8, 4) is 0 Å². The van der Waals surface area contributed by atoms with Gasteiger partial charge < -0.3 is 5.32 Å².